The highest BCUT2D eigenvalue weighted by atomic mass is 32.2. The average Bonchev–Trinajstić information content (AvgIpc) is 3.17. The molecule has 0 aliphatic carbocycles. The third kappa shape index (κ3) is 3.36. The summed E-state index contributed by atoms with van der Waals surface area (Å²) in [7, 11) is -0.663. The van der Waals surface area contributed by atoms with Crippen LogP contribution in [-0.2, 0) is 10.0 Å². The quantitative estimate of drug-likeness (QED) is 0.620. The average molecular weight is 419 g/mol. The Morgan fingerprint density at radius 2 is 1.86 bits per heavy atom. The number of aromatic nitrogens is 1. The Labute approximate surface area is 168 Å². The molecule has 148 valence electrons. The SMILES string of the molecule is COc1ccc(S(=O)(=O)N2CCCCC2c2nc3ccccc3s2)cc1OC. The van der Waals surface area contributed by atoms with Crippen LogP contribution in [0.1, 0.15) is 30.3 Å². The number of sulfonamides is 1. The molecule has 1 unspecified atom stereocenters. The molecule has 28 heavy (non-hydrogen) atoms. The lowest BCUT2D eigenvalue weighted by molar-refractivity contribution is 0.255. The zero-order chi connectivity index (χ0) is 19.7. The van der Waals surface area contributed by atoms with E-state index in [4.69, 9.17) is 14.5 Å². The number of thiazole rings is 1. The summed E-state index contributed by atoms with van der Waals surface area (Å²) in [6.45, 7) is 0.483. The molecule has 0 N–H and O–H groups in total. The van der Waals surface area contributed by atoms with Crippen molar-refractivity contribution in [3.8, 4) is 11.5 Å². The van der Waals surface area contributed by atoms with Crippen molar-refractivity contribution in [1.29, 1.82) is 0 Å². The summed E-state index contributed by atoms with van der Waals surface area (Å²) in [5.74, 6) is 0.903. The van der Waals surface area contributed by atoms with E-state index in [1.165, 1.54) is 20.3 Å². The fraction of sp³-hybridized carbons (Fsp3) is 0.350. The molecule has 1 aromatic heterocycles. The van der Waals surface area contributed by atoms with Gasteiger partial charge in [0.1, 0.15) is 5.01 Å². The number of rotatable bonds is 5. The van der Waals surface area contributed by atoms with E-state index < -0.39 is 10.0 Å². The fourth-order valence-electron chi connectivity index (χ4n) is 3.58. The zero-order valence-electron chi connectivity index (χ0n) is 15.8. The molecule has 1 aliphatic heterocycles. The van der Waals surface area contributed by atoms with Crippen LogP contribution in [0.4, 0.5) is 0 Å². The highest BCUT2D eigenvalue weighted by Gasteiger charge is 2.36. The standard InChI is InChI=1S/C20H22N2O4S2/c1-25-17-11-10-14(13-18(17)26-2)28(23,24)22-12-6-5-8-16(22)20-21-15-7-3-4-9-19(15)27-20/h3-4,7,9-11,13,16H,5-6,8,12H2,1-2H3. The van der Waals surface area contributed by atoms with E-state index in [-0.39, 0.29) is 10.9 Å². The Morgan fingerprint density at radius 3 is 2.61 bits per heavy atom. The highest BCUT2D eigenvalue weighted by molar-refractivity contribution is 7.89. The number of ether oxygens (including phenoxy) is 2. The molecule has 1 saturated heterocycles. The lowest BCUT2D eigenvalue weighted by Crippen LogP contribution is -2.38. The maximum absolute atomic E-state index is 13.5. The molecule has 0 amide bonds. The van der Waals surface area contributed by atoms with Gasteiger partial charge in [-0.3, -0.25) is 0 Å². The molecule has 1 atom stereocenters. The van der Waals surface area contributed by atoms with E-state index >= 15 is 0 Å². The van der Waals surface area contributed by atoms with E-state index in [1.54, 1.807) is 27.8 Å². The second kappa shape index (κ2) is 7.69. The Hall–Kier alpha value is -2.16. The number of nitrogens with zero attached hydrogens (tertiary/aromatic N) is 2. The largest absolute Gasteiger partial charge is 0.493 e. The van der Waals surface area contributed by atoms with Crippen molar-refractivity contribution >= 4 is 31.6 Å². The van der Waals surface area contributed by atoms with Gasteiger partial charge >= 0.3 is 0 Å². The van der Waals surface area contributed by atoms with Gasteiger partial charge in [0.05, 0.1) is 35.4 Å². The fourth-order valence-corrected chi connectivity index (χ4v) is 6.44. The first kappa shape index (κ1) is 19.2. The minimum Gasteiger partial charge on any atom is -0.493 e. The molecule has 1 fully saturated rings. The van der Waals surface area contributed by atoms with Crippen molar-refractivity contribution in [2.24, 2.45) is 0 Å². The summed E-state index contributed by atoms with van der Waals surface area (Å²) in [5, 5.41) is 0.852. The second-order valence-corrected chi connectivity index (χ2v) is 9.62. The smallest absolute Gasteiger partial charge is 0.243 e. The molecule has 0 bridgehead atoms. The van der Waals surface area contributed by atoms with Crippen LogP contribution in [0.5, 0.6) is 11.5 Å². The number of hydrogen-bond acceptors (Lipinski definition) is 6. The van der Waals surface area contributed by atoms with Crippen molar-refractivity contribution in [1.82, 2.24) is 9.29 Å². The number of methoxy groups -OCH3 is 2. The van der Waals surface area contributed by atoms with Gasteiger partial charge in [0.15, 0.2) is 11.5 Å². The molecule has 4 rings (SSSR count). The molecule has 6 nitrogen and oxygen atoms in total. The van der Waals surface area contributed by atoms with Crippen molar-refractivity contribution in [2.45, 2.75) is 30.2 Å². The molecule has 3 aromatic rings. The van der Waals surface area contributed by atoms with Gasteiger partial charge in [-0.2, -0.15) is 4.31 Å². The predicted molar refractivity (Wildman–Crippen MR) is 110 cm³/mol. The van der Waals surface area contributed by atoms with Gasteiger partial charge in [0, 0.05) is 12.6 Å². The van der Waals surface area contributed by atoms with Gasteiger partial charge in [-0.05, 0) is 37.1 Å². The van der Waals surface area contributed by atoms with E-state index in [0.29, 0.717) is 18.0 Å². The number of piperidine rings is 1. The second-order valence-electron chi connectivity index (χ2n) is 6.66. The molecule has 1 aliphatic rings. The Kier molecular flexibility index (Phi) is 5.27. The molecule has 8 heteroatoms. The van der Waals surface area contributed by atoms with Gasteiger partial charge in [-0.1, -0.05) is 18.6 Å². The van der Waals surface area contributed by atoms with Crippen LogP contribution in [0.3, 0.4) is 0 Å². The monoisotopic (exact) mass is 418 g/mol. The van der Waals surface area contributed by atoms with Gasteiger partial charge in [-0.15, -0.1) is 11.3 Å². The Balaban J connectivity index is 1.74. The minimum atomic E-state index is -3.69. The number of benzene rings is 2. The summed E-state index contributed by atoms with van der Waals surface area (Å²) in [6.07, 6.45) is 2.60. The van der Waals surface area contributed by atoms with Crippen molar-refractivity contribution in [3.05, 3.63) is 47.5 Å². The van der Waals surface area contributed by atoms with Crippen LogP contribution in [0.2, 0.25) is 0 Å². The third-order valence-corrected chi connectivity index (χ3v) is 8.05. The first-order chi connectivity index (χ1) is 13.5. The first-order valence-electron chi connectivity index (χ1n) is 9.14. The van der Waals surface area contributed by atoms with Gasteiger partial charge in [0.25, 0.3) is 0 Å². The van der Waals surface area contributed by atoms with Crippen molar-refractivity contribution in [2.75, 3.05) is 20.8 Å². The Bertz CT molecular complexity index is 1060. The zero-order valence-corrected chi connectivity index (χ0v) is 17.4. The predicted octanol–water partition coefficient (Wildman–Crippen LogP) is 4.23. The van der Waals surface area contributed by atoms with E-state index in [9.17, 15) is 8.42 Å². The van der Waals surface area contributed by atoms with Crippen molar-refractivity contribution < 1.29 is 17.9 Å². The molecule has 2 aromatic carbocycles. The molecular formula is C20H22N2O4S2. The lowest BCUT2D eigenvalue weighted by Gasteiger charge is -2.33. The van der Waals surface area contributed by atoms with Crippen LogP contribution in [0.25, 0.3) is 10.2 Å². The van der Waals surface area contributed by atoms with Gasteiger partial charge in [-0.25, -0.2) is 13.4 Å². The molecule has 2 heterocycles. The number of hydrogen-bond donors (Lipinski definition) is 0. The van der Waals surface area contributed by atoms with Gasteiger partial charge < -0.3 is 9.47 Å². The Morgan fingerprint density at radius 1 is 1.07 bits per heavy atom. The minimum absolute atomic E-state index is 0.207. The van der Waals surface area contributed by atoms with Crippen LogP contribution in [-0.4, -0.2) is 38.5 Å². The summed E-state index contributed by atoms with van der Waals surface area (Å²) < 4.78 is 40.1. The number of para-hydroxylation sites is 1. The van der Waals surface area contributed by atoms with E-state index in [1.807, 2.05) is 24.3 Å². The molecule has 0 saturated carbocycles. The number of fused-ring (bicyclic) bond motifs is 1. The van der Waals surface area contributed by atoms with Gasteiger partial charge in [0.2, 0.25) is 10.0 Å². The molecule has 0 spiro atoms. The lowest BCUT2D eigenvalue weighted by atomic mass is 10.1. The normalized spacial score (nSPS) is 18.3. The van der Waals surface area contributed by atoms with Crippen LogP contribution in [0, 0.1) is 0 Å². The topological polar surface area (TPSA) is 68.7 Å². The maximum Gasteiger partial charge on any atom is 0.243 e. The highest BCUT2D eigenvalue weighted by Crippen LogP contribution is 2.40. The summed E-state index contributed by atoms with van der Waals surface area (Å²) in [5.41, 5.74) is 0.913. The third-order valence-electron chi connectivity index (χ3n) is 5.01. The van der Waals surface area contributed by atoms with Crippen LogP contribution >= 0.6 is 11.3 Å². The van der Waals surface area contributed by atoms with Crippen LogP contribution in [0.15, 0.2) is 47.4 Å². The van der Waals surface area contributed by atoms with E-state index in [2.05, 4.69) is 0 Å². The molecule has 0 radical (unpaired) electrons. The summed E-state index contributed by atoms with van der Waals surface area (Å²) in [6, 6.07) is 12.4. The molecular weight excluding hydrogens is 396 g/mol. The van der Waals surface area contributed by atoms with Crippen LogP contribution < -0.4 is 9.47 Å². The summed E-state index contributed by atoms with van der Waals surface area (Å²) in [4.78, 5) is 4.93. The van der Waals surface area contributed by atoms with Crippen molar-refractivity contribution in [3.63, 3.8) is 0 Å². The van der Waals surface area contributed by atoms with E-state index in [0.717, 1.165) is 34.5 Å². The first-order valence-corrected chi connectivity index (χ1v) is 11.4. The summed E-state index contributed by atoms with van der Waals surface area (Å²) >= 11 is 1.57. The maximum atomic E-state index is 13.5.